The first kappa shape index (κ1) is 17.4. The summed E-state index contributed by atoms with van der Waals surface area (Å²) in [5.74, 6) is 0.599. The molecule has 1 aliphatic heterocycles. The van der Waals surface area contributed by atoms with Gasteiger partial charge >= 0.3 is 7.12 Å². The van der Waals surface area contributed by atoms with Gasteiger partial charge in [0, 0.05) is 7.11 Å². The first-order valence-electron chi connectivity index (χ1n) is 7.15. The van der Waals surface area contributed by atoms with Crippen LogP contribution in [0.25, 0.3) is 6.08 Å². The standard InChI is InChI=1S/C16H22BClO4/c1-7-12-13(8-11(9-14(12)18)20-10-19-6)17-21-15(2,3)16(4,5)22-17/h7-9H,1,10H2,2-6H3. The zero-order chi connectivity index (χ0) is 16.5. The van der Waals surface area contributed by atoms with E-state index in [0.29, 0.717) is 10.8 Å². The normalized spacial score (nSPS) is 19.3. The fourth-order valence-corrected chi connectivity index (χ4v) is 2.50. The highest BCUT2D eigenvalue weighted by Crippen LogP contribution is 2.37. The minimum absolute atomic E-state index is 0.145. The molecule has 0 unspecified atom stereocenters. The molecule has 0 aromatic heterocycles. The summed E-state index contributed by atoms with van der Waals surface area (Å²) in [5, 5.41) is 0.535. The molecule has 0 amide bonds. The van der Waals surface area contributed by atoms with Crippen molar-refractivity contribution in [1.82, 2.24) is 0 Å². The molecule has 120 valence electrons. The van der Waals surface area contributed by atoms with Gasteiger partial charge < -0.3 is 18.8 Å². The number of ether oxygens (including phenoxy) is 2. The zero-order valence-electron chi connectivity index (χ0n) is 13.7. The van der Waals surface area contributed by atoms with Gasteiger partial charge in [0.05, 0.1) is 16.2 Å². The van der Waals surface area contributed by atoms with Crippen LogP contribution < -0.4 is 10.2 Å². The molecule has 0 radical (unpaired) electrons. The molecular weight excluding hydrogens is 302 g/mol. The van der Waals surface area contributed by atoms with E-state index in [1.54, 1.807) is 19.3 Å². The Morgan fingerprint density at radius 2 is 1.82 bits per heavy atom. The molecule has 1 aliphatic rings. The van der Waals surface area contributed by atoms with E-state index in [4.69, 9.17) is 30.4 Å². The van der Waals surface area contributed by atoms with Crippen LogP contribution in [0.4, 0.5) is 0 Å². The number of rotatable bonds is 5. The molecule has 0 atom stereocenters. The number of methoxy groups -OCH3 is 1. The van der Waals surface area contributed by atoms with E-state index in [2.05, 4.69) is 6.58 Å². The fraction of sp³-hybridized carbons (Fsp3) is 0.500. The van der Waals surface area contributed by atoms with E-state index < -0.39 is 18.3 Å². The quantitative estimate of drug-likeness (QED) is 0.615. The molecule has 4 nitrogen and oxygen atoms in total. The Kier molecular flexibility index (Phi) is 4.92. The number of benzene rings is 1. The molecule has 1 saturated heterocycles. The van der Waals surface area contributed by atoms with Gasteiger partial charge in [0.1, 0.15) is 5.75 Å². The van der Waals surface area contributed by atoms with Gasteiger partial charge in [-0.05, 0) is 50.9 Å². The molecule has 0 aliphatic carbocycles. The van der Waals surface area contributed by atoms with Crippen molar-refractivity contribution in [2.45, 2.75) is 38.9 Å². The third-order valence-corrected chi connectivity index (χ3v) is 4.50. The number of halogens is 1. The number of hydrogen-bond acceptors (Lipinski definition) is 4. The average Bonchev–Trinajstić information content (AvgIpc) is 2.64. The van der Waals surface area contributed by atoms with Crippen molar-refractivity contribution in [3.05, 3.63) is 29.3 Å². The van der Waals surface area contributed by atoms with Crippen LogP contribution in [0.15, 0.2) is 18.7 Å². The van der Waals surface area contributed by atoms with Crippen molar-refractivity contribution in [3.8, 4) is 5.75 Å². The fourth-order valence-electron chi connectivity index (χ4n) is 2.20. The molecule has 0 bridgehead atoms. The predicted octanol–water partition coefficient (Wildman–Crippen LogP) is 3.26. The summed E-state index contributed by atoms with van der Waals surface area (Å²) < 4.78 is 22.6. The molecule has 2 rings (SSSR count). The predicted molar refractivity (Wildman–Crippen MR) is 89.8 cm³/mol. The van der Waals surface area contributed by atoms with E-state index in [9.17, 15) is 0 Å². The molecule has 0 spiro atoms. The van der Waals surface area contributed by atoms with Crippen molar-refractivity contribution < 1.29 is 18.8 Å². The van der Waals surface area contributed by atoms with Crippen LogP contribution in [0, 0.1) is 0 Å². The van der Waals surface area contributed by atoms with Gasteiger partial charge in [0.25, 0.3) is 0 Å². The molecule has 22 heavy (non-hydrogen) atoms. The topological polar surface area (TPSA) is 36.9 Å². The smallest absolute Gasteiger partial charge is 0.468 e. The molecule has 6 heteroatoms. The van der Waals surface area contributed by atoms with Crippen LogP contribution >= 0.6 is 11.6 Å². The summed E-state index contributed by atoms with van der Waals surface area (Å²) in [6.07, 6.45) is 1.70. The molecule has 0 N–H and O–H groups in total. The second kappa shape index (κ2) is 6.24. The maximum absolute atomic E-state index is 6.33. The van der Waals surface area contributed by atoms with Crippen LogP contribution in [0.5, 0.6) is 5.75 Å². The highest BCUT2D eigenvalue weighted by atomic mass is 35.5. The summed E-state index contributed by atoms with van der Waals surface area (Å²) in [5.41, 5.74) is 0.731. The first-order valence-corrected chi connectivity index (χ1v) is 7.53. The molecule has 0 saturated carbocycles. The van der Waals surface area contributed by atoms with Crippen molar-refractivity contribution in [3.63, 3.8) is 0 Å². The van der Waals surface area contributed by atoms with Crippen LogP contribution in [-0.4, -0.2) is 32.2 Å². The maximum atomic E-state index is 6.33. The van der Waals surface area contributed by atoms with Gasteiger partial charge in [-0.25, -0.2) is 0 Å². The summed E-state index contributed by atoms with van der Waals surface area (Å²) in [6.45, 7) is 12.0. The summed E-state index contributed by atoms with van der Waals surface area (Å²) in [4.78, 5) is 0. The monoisotopic (exact) mass is 324 g/mol. The van der Waals surface area contributed by atoms with Crippen molar-refractivity contribution in [1.29, 1.82) is 0 Å². The van der Waals surface area contributed by atoms with E-state index >= 15 is 0 Å². The zero-order valence-corrected chi connectivity index (χ0v) is 14.5. The molecule has 1 aromatic rings. The Morgan fingerprint density at radius 3 is 2.32 bits per heavy atom. The molecule has 1 fully saturated rings. The van der Waals surface area contributed by atoms with E-state index in [-0.39, 0.29) is 6.79 Å². The minimum atomic E-state index is -0.526. The SMILES string of the molecule is C=Cc1c(Cl)cc(OCOC)cc1B1OC(C)(C)C(C)(C)O1. The van der Waals surface area contributed by atoms with E-state index in [1.807, 2.05) is 33.8 Å². The Bertz CT molecular complexity index is 556. The maximum Gasteiger partial charge on any atom is 0.495 e. The van der Waals surface area contributed by atoms with Crippen LogP contribution in [0.1, 0.15) is 33.3 Å². The summed E-state index contributed by atoms with van der Waals surface area (Å²) >= 11 is 6.33. The summed E-state index contributed by atoms with van der Waals surface area (Å²) in [7, 11) is 1.04. The molecule has 1 aromatic carbocycles. The second-order valence-electron chi connectivity index (χ2n) is 6.25. The van der Waals surface area contributed by atoms with Crippen molar-refractivity contribution >= 4 is 30.3 Å². The van der Waals surface area contributed by atoms with Gasteiger partial charge in [0.15, 0.2) is 6.79 Å². The lowest BCUT2D eigenvalue weighted by Gasteiger charge is -2.32. The van der Waals surface area contributed by atoms with Gasteiger partial charge in [0.2, 0.25) is 0 Å². The van der Waals surface area contributed by atoms with Crippen LogP contribution in [-0.2, 0) is 14.0 Å². The van der Waals surface area contributed by atoms with Gasteiger partial charge in [-0.2, -0.15) is 0 Å². The first-order chi connectivity index (χ1) is 10.2. The van der Waals surface area contributed by atoms with Crippen molar-refractivity contribution in [2.24, 2.45) is 0 Å². The van der Waals surface area contributed by atoms with Crippen LogP contribution in [0.3, 0.4) is 0 Å². The lowest BCUT2D eigenvalue weighted by molar-refractivity contribution is 0.00578. The number of hydrogen-bond donors (Lipinski definition) is 0. The highest BCUT2D eigenvalue weighted by Gasteiger charge is 2.52. The van der Waals surface area contributed by atoms with E-state index in [1.165, 1.54) is 0 Å². The largest absolute Gasteiger partial charge is 0.495 e. The highest BCUT2D eigenvalue weighted by molar-refractivity contribution is 6.63. The van der Waals surface area contributed by atoms with E-state index in [0.717, 1.165) is 11.0 Å². The lowest BCUT2D eigenvalue weighted by atomic mass is 9.75. The Morgan fingerprint density at radius 1 is 1.23 bits per heavy atom. The third-order valence-electron chi connectivity index (χ3n) is 4.19. The van der Waals surface area contributed by atoms with Crippen LogP contribution in [0.2, 0.25) is 5.02 Å². The summed E-state index contributed by atoms with van der Waals surface area (Å²) in [6, 6.07) is 3.58. The Balaban J connectivity index is 2.41. The lowest BCUT2D eigenvalue weighted by Crippen LogP contribution is -2.41. The minimum Gasteiger partial charge on any atom is -0.468 e. The Hall–Kier alpha value is -1.01. The van der Waals surface area contributed by atoms with Gasteiger partial charge in [-0.1, -0.05) is 24.3 Å². The van der Waals surface area contributed by atoms with Gasteiger partial charge in [-0.3, -0.25) is 0 Å². The third kappa shape index (κ3) is 3.18. The van der Waals surface area contributed by atoms with Crippen molar-refractivity contribution in [2.75, 3.05) is 13.9 Å². The molecular formula is C16H22BClO4. The Labute approximate surface area is 137 Å². The second-order valence-corrected chi connectivity index (χ2v) is 6.66. The average molecular weight is 325 g/mol. The molecule has 1 heterocycles. The van der Waals surface area contributed by atoms with Gasteiger partial charge in [-0.15, -0.1) is 0 Å².